The predicted molar refractivity (Wildman–Crippen MR) is 108 cm³/mol. The fourth-order valence-corrected chi connectivity index (χ4v) is 4.70. The lowest BCUT2D eigenvalue weighted by molar-refractivity contribution is 0.340. The Kier molecular flexibility index (Phi) is 6.79. The maximum absolute atomic E-state index is 12.8. The highest BCUT2D eigenvalue weighted by Gasteiger charge is 2.30. The first-order valence-electron chi connectivity index (χ1n) is 8.99. The summed E-state index contributed by atoms with van der Waals surface area (Å²) in [6.45, 7) is 3.44. The fraction of sp³-hybridized carbons (Fsp3) is 0.368. The number of benzene rings is 2. The summed E-state index contributed by atoms with van der Waals surface area (Å²) in [4.78, 5) is 0.0269. The van der Waals surface area contributed by atoms with E-state index in [0.29, 0.717) is 18.2 Å². The number of sulfonamides is 1. The summed E-state index contributed by atoms with van der Waals surface area (Å²) in [6.07, 6.45) is 0. The summed E-state index contributed by atoms with van der Waals surface area (Å²) < 4.78 is 38.9. The van der Waals surface area contributed by atoms with Gasteiger partial charge in [0.25, 0.3) is 0 Å². The van der Waals surface area contributed by atoms with Gasteiger partial charge in [-0.3, -0.25) is 5.43 Å². The first-order valence-corrected chi connectivity index (χ1v) is 10.8. The van der Waals surface area contributed by atoms with Gasteiger partial charge in [0.05, 0.1) is 19.8 Å². The molecule has 3 rings (SSSR count). The van der Waals surface area contributed by atoms with Crippen molar-refractivity contribution in [2.24, 2.45) is 5.92 Å². The summed E-state index contributed by atoms with van der Waals surface area (Å²) in [5.41, 5.74) is 7.37. The van der Waals surface area contributed by atoms with Crippen LogP contribution in [0, 0.1) is 5.92 Å². The van der Waals surface area contributed by atoms with Gasteiger partial charge < -0.3 is 9.47 Å². The van der Waals surface area contributed by atoms with Crippen molar-refractivity contribution < 1.29 is 17.9 Å². The van der Waals surface area contributed by atoms with E-state index >= 15 is 0 Å². The molecule has 2 aromatic rings. The van der Waals surface area contributed by atoms with E-state index in [4.69, 9.17) is 21.1 Å². The molecule has 28 heavy (non-hydrogen) atoms. The molecule has 0 aromatic heterocycles. The Morgan fingerprint density at radius 2 is 1.96 bits per heavy atom. The molecule has 1 saturated heterocycles. The molecule has 152 valence electrons. The van der Waals surface area contributed by atoms with Crippen LogP contribution in [0.5, 0.6) is 11.5 Å². The lowest BCUT2D eigenvalue weighted by atomic mass is 9.95. The summed E-state index contributed by atoms with van der Waals surface area (Å²) in [7, 11) is -2.34. The van der Waals surface area contributed by atoms with Crippen molar-refractivity contribution in [2.75, 3.05) is 26.8 Å². The van der Waals surface area contributed by atoms with Gasteiger partial charge in [0.2, 0.25) is 10.0 Å². The highest BCUT2D eigenvalue weighted by Crippen LogP contribution is 2.29. The third kappa shape index (κ3) is 4.76. The molecule has 2 aromatic carbocycles. The van der Waals surface area contributed by atoms with Crippen LogP contribution in [0.3, 0.4) is 0 Å². The minimum absolute atomic E-state index is 0.0258. The second-order valence-corrected chi connectivity index (χ2v) is 8.58. The molecule has 1 aliphatic rings. The zero-order chi connectivity index (χ0) is 20.1. The highest BCUT2D eigenvalue weighted by molar-refractivity contribution is 7.89. The Morgan fingerprint density at radius 1 is 1.21 bits per heavy atom. The Morgan fingerprint density at radius 3 is 2.64 bits per heavy atom. The molecule has 0 radical (unpaired) electrons. The standard InChI is InChI=1S/C19H24ClN3O4S/c1-3-27-16-7-4-13(5-8-16)19-14(11-21-23-19)12-22-28(24,25)18-10-15(20)6-9-17(18)26-2/h4-10,14,19,21-23H,3,11-12H2,1-2H3. The normalized spacial score (nSPS) is 19.5. The number of hydrogen-bond donors (Lipinski definition) is 3. The third-order valence-corrected chi connectivity index (χ3v) is 6.27. The van der Waals surface area contributed by atoms with Gasteiger partial charge in [-0.1, -0.05) is 23.7 Å². The molecule has 1 fully saturated rings. The fourth-order valence-electron chi connectivity index (χ4n) is 3.17. The van der Waals surface area contributed by atoms with Crippen LogP contribution in [0.1, 0.15) is 18.5 Å². The number of ether oxygens (including phenoxy) is 2. The smallest absolute Gasteiger partial charge is 0.244 e. The van der Waals surface area contributed by atoms with Crippen molar-refractivity contribution in [1.82, 2.24) is 15.6 Å². The first-order chi connectivity index (χ1) is 13.4. The van der Waals surface area contributed by atoms with Crippen LogP contribution >= 0.6 is 11.6 Å². The Hall–Kier alpha value is -1.84. The predicted octanol–water partition coefficient (Wildman–Crippen LogP) is 2.49. The van der Waals surface area contributed by atoms with Gasteiger partial charge in [0.15, 0.2) is 0 Å². The van der Waals surface area contributed by atoms with Gasteiger partial charge >= 0.3 is 0 Å². The lowest BCUT2D eigenvalue weighted by Gasteiger charge is -2.20. The average molecular weight is 426 g/mol. The van der Waals surface area contributed by atoms with Crippen LogP contribution in [0.4, 0.5) is 0 Å². The molecule has 0 bridgehead atoms. The quantitative estimate of drug-likeness (QED) is 0.602. The van der Waals surface area contributed by atoms with Crippen molar-refractivity contribution in [2.45, 2.75) is 17.9 Å². The molecule has 9 heteroatoms. The molecule has 0 saturated carbocycles. The second kappa shape index (κ2) is 9.11. The third-order valence-electron chi connectivity index (χ3n) is 4.59. The van der Waals surface area contributed by atoms with Gasteiger partial charge in [0, 0.05) is 24.0 Å². The Balaban J connectivity index is 1.71. The summed E-state index contributed by atoms with van der Waals surface area (Å²) in [6, 6.07) is 12.3. The Labute approximate surface area is 170 Å². The minimum Gasteiger partial charge on any atom is -0.495 e. The Bertz CT molecular complexity index is 906. The van der Waals surface area contributed by atoms with E-state index in [-0.39, 0.29) is 29.1 Å². The van der Waals surface area contributed by atoms with Crippen LogP contribution in [0.25, 0.3) is 0 Å². The molecule has 1 heterocycles. The van der Waals surface area contributed by atoms with Crippen molar-refractivity contribution in [3.05, 3.63) is 53.1 Å². The molecule has 0 aliphatic carbocycles. The van der Waals surface area contributed by atoms with Gasteiger partial charge in [-0.2, -0.15) is 0 Å². The number of halogens is 1. The average Bonchev–Trinajstić information content (AvgIpc) is 3.16. The molecular formula is C19H24ClN3O4S. The van der Waals surface area contributed by atoms with Crippen LogP contribution in [-0.2, 0) is 10.0 Å². The van der Waals surface area contributed by atoms with E-state index < -0.39 is 10.0 Å². The number of nitrogens with one attached hydrogen (secondary N) is 3. The van der Waals surface area contributed by atoms with Gasteiger partial charge in [0.1, 0.15) is 16.4 Å². The zero-order valence-corrected chi connectivity index (χ0v) is 17.3. The van der Waals surface area contributed by atoms with Gasteiger partial charge in [-0.05, 0) is 42.8 Å². The van der Waals surface area contributed by atoms with E-state index in [0.717, 1.165) is 11.3 Å². The number of hydrazine groups is 1. The van der Waals surface area contributed by atoms with Crippen LogP contribution < -0.4 is 25.0 Å². The number of rotatable bonds is 8. The lowest BCUT2D eigenvalue weighted by Crippen LogP contribution is -2.33. The molecule has 7 nitrogen and oxygen atoms in total. The maximum Gasteiger partial charge on any atom is 0.244 e. The van der Waals surface area contributed by atoms with E-state index in [2.05, 4.69) is 15.6 Å². The number of methoxy groups -OCH3 is 1. The highest BCUT2D eigenvalue weighted by atomic mass is 35.5. The van der Waals surface area contributed by atoms with Crippen LogP contribution in [0.2, 0.25) is 5.02 Å². The summed E-state index contributed by atoms with van der Waals surface area (Å²) in [5, 5.41) is 0.331. The summed E-state index contributed by atoms with van der Waals surface area (Å²) in [5.74, 6) is 1.09. The summed E-state index contributed by atoms with van der Waals surface area (Å²) >= 11 is 5.97. The van der Waals surface area contributed by atoms with E-state index in [1.807, 2.05) is 31.2 Å². The van der Waals surface area contributed by atoms with Crippen molar-refractivity contribution in [3.63, 3.8) is 0 Å². The minimum atomic E-state index is -3.77. The zero-order valence-electron chi connectivity index (χ0n) is 15.7. The van der Waals surface area contributed by atoms with Crippen LogP contribution in [0.15, 0.2) is 47.4 Å². The second-order valence-electron chi connectivity index (χ2n) is 6.41. The topological polar surface area (TPSA) is 88.7 Å². The van der Waals surface area contributed by atoms with Gasteiger partial charge in [-0.15, -0.1) is 0 Å². The first kappa shape index (κ1) is 20.9. The van der Waals surface area contributed by atoms with Crippen molar-refractivity contribution in [3.8, 4) is 11.5 Å². The van der Waals surface area contributed by atoms with E-state index in [1.165, 1.54) is 19.2 Å². The van der Waals surface area contributed by atoms with E-state index in [1.54, 1.807) is 6.07 Å². The van der Waals surface area contributed by atoms with E-state index in [9.17, 15) is 8.42 Å². The molecular weight excluding hydrogens is 402 g/mol. The molecule has 1 aliphatic heterocycles. The maximum atomic E-state index is 12.8. The van der Waals surface area contributed by atoms with Crippen LogP contribution in [-0.4, -0.2) is 35.2 Å². The molecule has 0 spiro atoms. The molecule has 2 unspecified atom stereocenters. The monoisotopic (exact) mass is 425 g/mol. The van der Waals surface area contributed by atoms with Gasteiger partial charge in [-0.25, -0.2) is 18.6 Å². The van der Waals surface area contributed by atoms with Crippen molar-refractivity contribution in [1.29, 1.82) is 0 Å². The van der Waals surface area contributed by atoms with Crippen molar-refractivity contribution >= 4 is 21.6 Å². The largest absolute Gasteiger partial charge is 0.495 e. The SMILES string of the molecule is CCOc1ccc(C2NNCC2CNS(=O)(=O)c2cc(Cl)ccc2OC)cc1. The molecule has 3 N–H and O–H groups in total. The molecule has 0 amide bonds. The molecule has 2 atom stereocenters. The number of hydrogen-bond acceptors (Lipinski definition) is 6.